The van der Waals surface area contributed by atoms with E-state index in [1.165, 1.54) is 39.5 Å². The fraction of sp³-hybridized carbons (Fsp3) is 0.333. The van der Waals surface area contributed by atoms with Crippen LogP contribution >= 0.6 is 15.9 Å². The summed E-state index contributed by atoms with van der Waals surface area (Å²) in [5, 5.41) is 1.40. The minimum atomic E-state index is 0.805. The maximum absolute atomic E-state index is 3.58. The van der Waals surface area contributed by atoms with E-state index in [1.54, 1.807) is 0 Å². The van der Waals surface area contributed by atoms with E-state index in [-0.39, 0.29) is 0 Å². The maximum Gasteiger partial charge on any atom is 0.0603 e. The Morgan fingerprint density at radius 1 is 1.36 bits per heavy atom. The standard InChI is InChI=1S/C12H12BrN/c1-7-5-9-8-3-2-4-10(13)12(8)14-11(9)6-7/h2-4,7,14H,5-6H2,1H3. The van der Waals surface area contributed by atoms with Crippen molar-refractivity contribution in [3.05, 3.63) is 33.9 Å². The van der Waals surface area contributed by atoms with Gasteiger partial charge >= 0.3 is 0 Å². The van der Waals surface area contributed by atoms with Crippen molar-refractivity contribution in [2.24, 2.45) is 5.92 Å². The Morgan fingerprint density at radius 3 is 3.07 bits per heavy atom. The predicted molar refractivity (Wildman–Crippen MR) is 62.6 cm³/mol. The number of aromatic nitrogens is 1. The minimum Gasteiger partial charge on any atom is -0.357 e. The van der Waals surface area contributed by atoms with Crippen molar-refractivity contribution in [1.82, 2.24) is 4.98 Å². The minimum absolute atomic E-state index is 0.805. The number of halogens is 1. The Balaban J connectivity index is 2.33. The van der Waals surface area contributed by atoms with Crippen LogP contribution in [0.15, 0.2) is 22.7 Å². The van der Waals surface area contributed by atoms with Crippen molar-refractivity contribution >= 4 is 26.8 Å². The van der Waals surface area contributed by atoms with Gasteiger partial charge in [0, 0.05) is 15.6 Å². The molecule has 1 N–H and O–H groups in total. The van der Waals surface area contributed by atoms with Crippen LogP contribution in [0.4, 0.5) is 0 Å². The molecule has 0 amide bonds. The van der Waals surface area contributed by atoms with Gasteiger partial charge < -0.3 is 4.98 Å². The van der Waals surface area contributed by atoms with Crippen molar-refractivity contribution in [3.8, 4) is 0 Å². The Morgan fingerprint density at radius 2 is 2.21 bits per heavy atom. The van der Waals surface area contributed by atoms with Crippen LogP contribution in [0, 0.1) is 5.92 Å². The lowest BCUT2D eigenvalue weighted by molar-refractivity contribution is 0.623. The van der Waals surface area contributed by atoms with E-state index in [4.69, 9.17) is 0 Å². The van der Waals surface area contributed by atoms with Crippen LogP contribution in [0.5, 0.6) is 0 Å². The lowest BCUT2D eigenvalue weighted by atomic mass is 10.1. The molecule has 0 radical (unpaired) electrons. The summed E-state index contributed by atoms with van der Waals surface area (Å²) in [4.78, 5) is 3.53. The second-order valence-corrected chi connectivity index (χ2v) is 5.11. The Labute approximate surface area is 91.6 Å². The van der Waals surface area contributed by atoms with Crippen LogP contribution in [0.3, 0.4) is 0 Å². The van der Waals surface area contributed by atoms with Gasteiger partial charge in [0.05, 0.1) is 5.52 Å². The van der Waals surface area contributed by atoms with Crippen molar-refractivity contribution in [2.75, 3.05) is 0 Å². The van der Waals surface area contributed by atoms with E-state index in [2.05, 4.69) is 46.0 Å². The van der Waals surface area contributed by atoms with E-state index in [9.17, 15) is 0 Å². The van der Waals surface area contributed by atoms with Gasteiger partial charge in [-0.25, -0.2) is 0 Å². The molecular weight excluding hydrogens is 238 g/mol. The summed E-state index contributed by atoms with van der Waals surface area (Å²) >= 11 is 3.58. The molecule has 0 saturated heterocycles. The zero-order chi connectivity index (χ0) is 9.71. The van der Waals surface area contributed by atoms with Crippen LogP contribution < -0.4 is 0 Å². The van der Waals surface area contributed by atoms with Crippen LogP contribution in [-0.4, -0.2) is 4.98 Å². The summed E-state index contributed by atoms with van der Waals surface area (Å²) in [5.74, 6) is 0.805. The number of nitrogens with one attached hydrogen (secondary N) is 1. The summed E-state index contributed by atoms with van der Waals surface area (Å²) < 4.78 is 1.18. The lowest BCUT2D eigenvalue weighted by Crippen LogP contribution is -1.92. The highest BCUT2D eigenvalue weighted by atomic mass is 79.9. The van der Waals surface area contributed by atoms with Crippen LogP contribution in [-0.2, 0) is 12.8 Å². The van der Waals surface area contributed by atoms with Gasteiger partial charge in [-0.2, -0.15) is 0 Å². The molecule has 1 nitrogen and oxygen atoms in total. The van der Waals surface area contributed by atoms with Gasteiger partial charge in [-0.05, 0) is 46.3 Å². The summed E-state index contributed by atoms with van der Waals surface area (Å²) in [6, 6.07) is 6.43. The number of hydrogen-bond donors (Lipinski definition) is 1. The highest BCUT2D eigenvalue weighted by Crippen LogP contribution is 2.35. The van der Waals surface area contributed by atoms with Gasteiger partial charge in [-0.3, -0.25) is 0 Å². The van der Waals surface area contributed by atoms with Crippen molar-refractivity contribution in [3.63, 3.8) is 0 Å². The van der Waals surface area contributed by atoms with Crippen LogP contribution in [0.1, 0.15) is 18.2 Å². The topological polar surface area (TPSA) is 15.8 Å². The predicted octanol–water partition coefficient (Wildman–Crippen LogP) is 3.67. The molecule has 2 aromatic rings. The maximum atomic E-state index is 3.58. The lowest BCUT2D eigenvalue weighted by Gasteiger charge is -2.00. The summed E-state index contributed by atoms with van der Waals surface area (Å²) in [5.41, 5.74) is 4.25. The molecule has 1 aliphatic carbocycles. The third-order valence-corrected chi connectivity index (χ3v) is 3.74. The average molecular weight is 250 g/mol. The smallest absolute Gasteiger partial charge is 0.0603 e. The van der Waals surface area contributed by atoms with Gasteiger partial charge in [0.25, 0.3) is 0 Å². The molecule has 1 unspecified atom stereocenters. The van der Waals surface area contributed by atoms with Gasteiger partial charge in [-0.1, -0.05) is 19.1 Å². The SMILES string of the molecule is CC1Cc2[nH]c3c(Br)cccc3c2C1. The highest BCUT2D eigenvalue weighted by Gasteiger charge is 2.22. The number of fused-ring (bicyclic) bond motifs is 3. The fourth-order valence-corrected chi connectivity index (χ4v) is 2.93. The van der Waals surface area contributed by atoms with Crippen LogP contribution in [0.2, 0.25) is 0 Å². The number of para-hydroxylation sites is 1. The molecular formula is C12H12BrN. The van der Waals surface area contributed by atoms with E-state index < -0.39 is 0 Å². The fourth-order valence-electron chi connectivity index (χ4n) is 2.47. The highest BCUT2D eigenvalue weighted by molar-refractivity contribution is 9.10. The Bertz CT molecular complexity index is 498. The van der Waals surface area contributed by atoms with Crippen molar-refractivity contribution in [2.45, 2.75) is 19.8 Å². The first-order valence-corrected chi connectivity index (χ1v) is 5.83. The first kappa shape index (κ1) is 8.54. The first-order chi connectivity index (χ1) is 6.75. The molecule has 0 saturated carbocycles. The molecule has 1 atom stereocenters. The summed E-state index contributed by atoms with van der Waals surface area (Å²) in [7, 11) is 0. The zero-order valence-electron chi connectivity index (χ0n) is 8.10. The Hall–Kier alpha value is -0.760. The number of rotatable bonds is 0. The normalized spacial score (nSPS) is 20.3. The molecule has 1 aromatic carbocycles. The monoisotopic (exact) mass is 249 g/mol. The number of H-pyrrole nitrogens is 1. The molecule has 1 aliphatic rings. The molecule has 0 aliphatic heterocycles. The second kappa shape index (κ2) is 2.86. The summed E-state index contributed by atoms with van der Waals surface area (Å²) in [6.07, 6.45) is 2.43. The van der Waals surface area contributed by atoms with Gasteiger partial charge in [0.15, 0.2) is 0 Å². The van der Waals surface area contributed by atoms with Gasteiger partial charge in [0.2, 0.25) is 0 Å². The third-order valence-electron chi connectivity index (χ3n) is 3.08. The molecule has 1 aromatic heterocycles. The summed E-state index contributed by atoms with van der Waals surface area (Å²) in [6.45, 7) is 2.32. The number of hydrogen-bond acceptors (Lipinski definition) is 0. The molecule has 0 spiro atoms. The van der Waals surface area contributed by atoms with Gasteiger partial charge in [-0.15, -0.1) is 0 Å². The Kier molecular flexibility index (Phi) is 1.75. The quantitative estimate of drug-likeness (QED) is 0.734. The molecule has 14 heavy (non-hydrogen) atoms. The van der Waals surface area contributed by atoms with Crippen molar-refractivity contribution < 1.29 is 0 Å². The van der Waals surface area contributed by atoms with E-state index >= 15 is 0 Å². The average Bonchev–Trinajstić information content (AvgIpc) is 2.63. The van der Waals surface area contributed by atoms with E-state index in [1.807, 2.05) is 0 Å². The largest absolute Gasteiger partial charge is 0.357 e. The molecule has 0 fully saturated rings. The molecule has 72 valence electrons. The van der Waals surface area contributed by atoms with E-state index in [0.717, 1.165) is 5.92 Å². The number of aromatic amines is 1. The second-order valence-electron chi connectivity index (χ2n) is 4.26. The van der Waals surface area contributed by atoms with Crippen LogP contribution in [0.25, 0.3) is 10.9 Å². The molecule has 2 heteroatoms. The van der Waals surface area contributed by atoms with Gasteiger partial charge in [0.1, 0.15) is 0 Å². The molecule has 1 heterocycles. The first-order valence-electron chi connectivity index (χ1n) is 5.03. The third kappa shape index (κ3) is 1.07. The molecule has 3 rings (SSSR count). The van der Waals surface area contributed by atoms with Crippen molar-refractivity contribution in [1.29, 1.82) is 0 Å². The zero-order valence-corrected chi connectivity index (χ0v) is 9.69. The van der Waals surface area contributed by atoms with E-state index in [0.29, 0.717) is 0 Å². The number of benzene rings is 1. The molecule has 0 bridgehead atoms.